The summed E-state index contributed by atoms with van der Waals surface area (Å²) in [6.07, 6.45) is 4.74. The first-order chi connectivity index (χ1) is 9.68. The minimum Gasteiger partial charge on any atom is -0.394 e. The summed E-state index contributed by atoms with van der Waals surface area (Å²) in [5, 5.41) is 13.9. The second kappa shape index (κ2) is 5.04. The van der Waals surface area contributed by atoms with Crippen molar-refractivity contribution in [3.8, 4) is 11.3 Å². The number of aliphatic hydroxyl groups is 1. The first-order valence-corrected chi connectivity index (χ1v) is 7.23. The van der Waals surface area contributed by atoms with Crippen LogP contribution < -0.4 is 5.73 Å². The fraction of sp³-hybridized carbons (Fsp3) is 0.438. The van der Waals surface area contributed by atoms with Gasteiger partial charge in [-0.3, -0.25) is 4.68 Å². The molecule has 2 aromatic rings. The molecule has 3 rings (SSSR count). The van der Waals surface area contributed by atoms with Crippen LogP contribution in [0.5, 0.6) is 0 Å². The number of benzene rings is 1. The van der Waals surface area contributed by atoms with E-state index in [0.29, 0.717) is 0 Å². The predicted octanol–water partition coefficient (Wildman–Crippen LogP) is 2.05. The molecule has 0 amide bonds. The molecule has 1 atom stereocenters. The fourth-order valence-electron chi connectivity index (χ4n) is 3.17. The number of fused-ring (bicyclic) bond motifs is 1. The maximum atomic E-state index is 9.59. The van der Waals surface area contributed by atoms with Crippen molar-refractivity contribution >= 4 is 0 Å². The van der Waals surface area contributed by atoms with Crippen LogP contribution in [0.4, 0.5) is 0 Å². The summed E-state index contributed by atoms with van der Waals surface area (Å²) in [6.45, 7) is 2.95. The molecule has 1 aromatic heterocycles. The third kappa shape index (κ3) is 2.05. The summed E-state index contributed by atoms with van der Waals surface area (Å²) < 4.78 is 1.99. The van der Waals surface area contributed by atoms with E-state index in [-0.39, 0.29) is 6.61 Å². The highest BCUT2D eigenvalue weighted by Gasteiger charge is 2.32. The van der Waals surface area contributed by atoms with Crippen LogP contribution in [-0.2, 0) is 18.5 Å². The lowest BCUT2D eigenvalue weighted by molar-refractivity contribution is 0.179. The van der Waals surface area contributed by atoms with Gasteiger partial charge in [-0.2, -0.15) is 5.10 Å². The minimum atomic E-state index is -0.572. The molecule has 106 valence electrons. The van der Waals surface area contributed by atoms with E-state index in [1.165, 1.54) is 11.1 Å². The SMILES string of the molecule is CCn1nccc1-c1ccc2c(c1)CCCC2(N)CO. The molecule has 0 spiro atoms. The van der Waals surface area contributed by atoms with Crippen molar-refractivity contribution in [3.63, 3.8) is 0 Å². The Morgan fingerprint density at radius 1 is 1.40 bits per heavy atom. The predicted molar refractivity (Wildman–Crippen MR) is 79.2 cm³/mol. The van der Waals surface area contributed by atoms with Crippen LogP contribution in [0.2, 0.25) is 0 Å². The zero-order valence-electron chi connectivity index (χ0n) is 11.8. The third-order valence-corrected chi connectivity index (χ3v) is 4.30. The summed E-state index contributed by atoms with van der Waals surface area (Å²) in [7, 11) is 0. The van der Waals surface area contributed by atoms with Gasteiger partial charge in [0, 0.05) is 18.3 Å². The number of hydrogen-bond donors (Lipinski definition) is 2. The molecule has 1 aromatic carbocycles. The Hall–Kier alpha value is -1.65. The number of aromatic nitrogens is 2. The Labute approximate surface area is 119 Å². The summed E-state index contributed by atoms with van der Waals surface area (Å²) in [5.74, 6) is 0. The van der Waals surface area contributed by atoms with E-state index in [2.05, 4.69) is 30.2 Å². The van der Waals surface area contributed by atoms with Crippen LogP contribution in [0.15, 0.2) is 30.5 Å². The number of rotatable bonds is 3. The van der Waals surface area contributed by atoms with Crippen LogP contribution >= 0.6 is 0 Å². The summed E-state index contributed by atoms with van der Waals surface area (Å²) in [4.78, 5) is 0. The van der Waals surface area contributed by atoms with E-state index >= 15 is 0 Å². The molecule has 0 saturated carbocycles. The molecule has 0 radical (unpaired) electrons. The lowest BCUT2D eigenvalue weighted by atomic mass is 9.77. The average Bonchev–Trinajstić information content (AvgIpc) is 2.95. The zero-order chi connectivity index (χ0) is 14.2. The second-order valence-electron chi connectivity index (χ2n) is 5.57. The molecule has 20 heavy (non-hydrogen) atoms. The smallest absolute Gasteiger partial charge is 0.0682 e. The molecule has 4 nitrogen and oxygen atoms in total. The number of nitrogens with zero attached hydrogens (tertiary/aromatic N) is 2. The molecule has 3 N–H and O–H groups in total. The summed E-state index contributed by atoms with van der Waals surface area (Å²) in [5.41, 5.74) is 10.4. The molecule has 1 heterocycles. The van der Waals surface area contributed by atoms with Gasteiger partial charge in [0.15, 0.2) is 0 Å². The highest BCUT2D eigenvalue weighted by atomic mass is 16.3. The number of aryl methyl sites for hydroxylation is 2. The van der Waals surface area contributed by atoms with Crippen molar-refractivity contribution in [1.82, 2.24) is 9.78 Å². The summed E-state index contributed by atoms with van der Waals surface area (Å²) >= 11 is 0. The maximum Gasteiger partial charge on any atom is 0.0682 e. The molecule has 0 bridgehead atoms. The Balaban J connectivity index is 2.06. The van der Waals surface area contributed by atoms with Crippen molar-refractivity contribution in [2.75, 3.05) is 6.61 Å². The molecule has 0 fully saturated rings. The normalized spacial score (nSPS) is 21.8. The average molecular weight is 271 g/mol. The topological polar surface area (TPSA) is 64.1 Å². The van der Waals surface area contributed by atoms with Crippen molar-refractivity contribution in [2.24, 2.45) is 5.73 Å². The van der Waals surface area contributed by atoms with Crippen molar-refractivity contribution < 1.29 is 5.11 Å². The van der Waals surface area contributed by atoms with Gasteiger partial charge < -0.3 is 10.8 Å². The van der Waals surface area contributed by atoms with Crippen molar-refractivity contribution in [1.29, 1.82) is 0 Å². The van der Waals surface area contributed by atoms with Crippen LogP contribution in [0.1, 0.15) is 30.9 Å². The van der Waals surface area contributed by atoms with E-state index in [1.807, 2.05) is 16.9 Å². The van der Waals surface area contributed by atoms with E-state index < -0.39 is 5.54 Å². The van der Waals surface area contributed by atoms with Gasteiger partial charge in [-0.15, -0.1) is 0 Å². The van der Waals surface area contributed by atoms with Gasteiger partial charge >= 0.3 is 0 Å². The van der Waals surface area contributed by atoms with Crippen molar-refractivity contribution in [2.45, 2.75) is 38.3 Å². The molecule has 1 aliphatic rings. The largest absolute Gasteiger partial charge is 0.394 e. The lowest BCUT2D eigenvalue weighted by Crippen LogP contribution is -2.43. The lowest BCUT2D eigenvalue weighted by Gasteiger charge is -2.34. The fourth-order valence-corrected chi connectivity index (χ4v) is 3.17. The Kier molecular flexibility index (Phi) is 3.36. The van der Waals surface area contributed by atoms with E-state index in [9.17, 15) is 5.11 Å². The number of hydrogen-bond acceptors (Lipinski definition) is 3. The molecule has 1 aliphatic carbocycles. The van der Waals surface area contributed by atoms with E-state index in [0.717, 1.165) is 37.1 Å². The minimum absolute atomic E-state index is 0.00619. The van der Waals surface area contributed by atoms with Crippen LogP contribution in [0.25, 0.3) is 11.3 Å². The molecular formula is C16H21N3O. The van der Waals surface area contributed by atoms with Gasteiger partial charge in [0.05, 0.1) is 17.8 Å². The van der Waals surface area contributed by atoms with E-state index in [4.69, 9.17) is 5.73 Å². The Morgan fingerprint density at radius 3 is 3.00 bits per heavy atom. The van der Waals surface area contributed by atoms with Gasteiger partial charge in [0.1, 0.15) is 0 Å². The van der Waals surface area contributed by atoms with Gasteiger partial charge in [-0.05, 0) is 49.4 Å². The third-order valence-electron chi connectivity index (χ3n) is 4.30. The van der Waals surface area contributed by atoms with Crippen LogP contribution in [-0.4, -0.2) is 21.5 Å². The molecule has 0 aliphatic heterocycles. The Morgan fingerprint density at radius 2 is 2.25 bits per heavy atom. The highest BCUT2D eigenvalue weighted by Crippen LogP contribution is 2.35. The quantitative estimate of drug-likeness (QED) is 0.898. The monoisotopic (exact) mass is 271 g/mol. The van der Waals surface area contributed by atoms with Gasteiger partial charge in [-0.25, -0.2) is 0 Å². The van der Waals surface area contributed by atoms with Gasteiger partial charge in [0.25, 0.3) is 0 Å². The second-order valence-corrected chi connectivity index (χ2v) is 5.57. The van der Waals surface area contributed by atoms with Crippen LogP contribution in [0, 0.1) is 0 Å². The summed E-state index contributed by atoms with van der Waals surface area (Å²) in [6, 6.07) is 8.41. The molecule has 1 unspecified atom stereocenters. The molecule has 0 saturated heterocycles. The molecule has 4 heteroatoms. The van der Waals surface area contributed by atoms with Crippen molar-refractivity contribution in [3.05, 3.63) is 41.6 Å². The molecular weight excluding hydrogens is 250 g/mol. The highest BCUT2D eigenvalue weighted by molar-refractivity contribution is 5.62. The first-order valence-electron chi connectivity index (χ1n) is 7.23. The zero-order valence-corrected chi connectivity index (χ0v) is 11.8. The van der Waals surface area contributed by atoms with Gasteiger partial charge in [-0.1, -0.05) is 12.1 Å². The van der Waals surface area contributed by atoms with Gasteiger partial charge in [0.2, 0.25) is 0 Å². The standard InChI is InChI=1S/C16H21N3O/c1-2-19-15(7-9-18-19)13-5-6-14-12(10-13)4-3-8-16(14,17)11-20/h5-7,9-10,20H,2-4,8,11,17H2,1H3. The maximum absolute atomic E-state index is 9.59. The number of aliphatic hydroxyl groups excluding tert-OH is 1. The van der Waals surface area contributed by atoms with E-state index in [1.54, 1.807) is 0 Å². The first kappa shape index (κ1) is 13.3. The number of nitrogens with two attached hydrogens (primary N) is 1. The van der Waals surface area contributed by atoms with Crippen LogP contribution in [0.3, 0.4) is 0 Å². The Bertz CT molecular complexity index is 620.